The number of rotatable bonds is 3. The number of hydrogen-bond acceptors (Lipinski definition) is 2. The second-order valence-corrected chi connectivity index (χ2v) is 6.87. The van der Waals surface area contributed by atoms with Crippen LogP contribution in [0.25, 0.3) is 0 Å². The predicted octanol–water partition coefficient (Wildman–Crippen LogP) is 3.83. The molecule has 5 heteroatoms. The van der Waals surface area contributed by atoms with Crippen LogP contribution in [0, 0.1) is 0 Å². The van der Waals surface area contributed by atoms with Gasteiger partial charge in [0.2, 0.25) is 5.91 Å². The third-order valence-corrected chi connectivity index (χ3v) is 5.60. The van der Waals surface area contributed by atoms with Gasteiger partial charge in [-0.15, -0.1) is 0 Å². The molecule has 1 aliphatic carbocycles. The van der Waals surface area contributed by atoms with Crippen LogP contribution < -0.4 is 11.1 Å². The minimum Gasteiger partial charge on any atom is -0.366 e. The van der Waals surface area contributed by atoms with Gasteiger partial charge in [0.25, 0.3) is 0 Å². The predicted molar refractivity (Wildman–Crippen MR) is 86.4 cm³/mol. The van der Waals surface area contributed by atoms with E-state index in [0.717, 1.165) is 43.5 Å². The Bertz CT molecular complexity index is 562. The van der Waals surface area contributed by atoms with Crippen LogP contribution in [0.15, 0.2) is 6.07 Å². The van der Waals surface area contributed by atoms with Crippen molar-refractivity contribution in [2.75, 3.05) is 13.1 Å². The zero-order valence-electron chi connectivity index (χ0n) is 11.9. The van der Waals surface area contributed by atoms with Crippen LogP contribution in [0.2, 0.25) is 10.0 Å². The van der Waals surface area contributed by atoms with E-state index in [1.54, 1.807) is 6.07 Å². The number of benzene rings is 1. The molecule has 0 radical (unpaired) electrons. The average molecular weight is 327 g/mol. The summed E-state index contributed by atoms with van der Waals surface area (Å²) in [6.07, 6.45) is 5.67. The lowest BCUT2D eigenvalue weighted by atomic mass is 9.82. The van der Waals surface area contributed by atoms with Gasteiger partial charge in [0.05, 0.1) is 10.0 Å². The van der Waals surface area contributed by atoms with E-state index in [1.807, 2.05) is 0 Å². The first-order valence-corrected chi connectivity index (χ1v) is 8.37. The zero-order chi connectivity index (χ0) is 15.0. The molecule has 0 aromatic heterocycles. The molecule has 3 nitrogen and oxygen atoms in total. The van der Waals surface area contributed by atoms with E-state index in [0.29, 0.717) is 27.4 Å². The van der Waals surface area contributed by atoms with Crippen molar-refractivity contribution < 1.29 is 4.79 Å². The first kappa shape index (κ1) is 15.1. The normalized spacial score (nSPS) is 22.9. The Hall–Kier alpha value is -0.770. The molecule has 1 atom stereocenters. The van der Waals surface area contributed by atoms with E-state index in [1.165, 1.54) is 12.8 Å². The highest BCUT2D eigenvalue weighted by atomic mass is 35.5. The second-order valence-electron chi connectivity index (χ2n) is 6.08. The number of carbonyl (C=O) groups excluding carboxylic acids is 1. The van der Waals surface area contributed by atoms with Crippen molar-refractivity contribution in [2.45, 2.75) is 43.9 Å². The Morgan fingerprint density at radius 1 is 1.14 bits per heavy atom. The minimum absolute atomic E-state index is 0.304. The number of hydrogen-bond donors (Lipinski definition) is 2. The minimum atomic E-state index is -0.408. The van der Waals surface area contributed by atoms with Crippen LogP contribution in [0.5, 0.6) is 0 Å². The monoisotopic (exact) mass is 326 g/mol. The summed E-state index contributed by atoms with van der Waals surface area (Å²) in [5.41, 5.74) is 8.30. The van der Waals surface area contributed by atoms with Gasteiger partial charge in [-0.05, 0) is 54.8 Å². The molecule has 2 fully saturated rings. The van der Waals surface area contributed by atoms with Crippen LogP contribution in [0.1, 0.15) is 65.4 Å². The first-order valence-electron chi connectivity index (χ1n) is 7.62. The van der Waals surface area contributed by atoms with Crippen LogP contribution in [-0.4, -0.2) is 19.0 Å². The van der Waals surface area contributed by atoms with Crippen molar-refractivity contribution in [1.82, 2.24) is 5.32 Å². The quantitative estimate of drug-likeness (QED) is 0.886. The Labute approximate surface area is 135 Å². The van der Waals surface area contributed by atoms with Crippen molar-refractivity contribution in [3.05, 3.63) is 32.8 Å². The van der Waals surface area contributed by atoms with E-state index in [-0.39, 0.29) is 0 Å². The zero-order valence-corrected chi connectivity index (χ0v) is 13.4. The van der Waals surface area contributed by atoms with E-state index in [4.69, 9.17) is 28.9 Å². The van der Waals surface area contributed by atoms with Crippen molar-refractivity contribution in [3.63, 3.8) is 0 Å². The van der Waals surface area contributed by atoms with Gasteiger partial charge in [-0.1, -0.05) is 36.0 Å². The Morgan fingerprint density at radius 2 is 1.86 bits per heavy atom. The lowest BCUT2D eigenvalue weighted by Gasteiger charge is -2.24. The molecule has 1 unspecified atom stereocenters. The fourth-order valence-corrected chi connectivity index (χ4v) is 4.34. The number of nitrogens with one attached hydrogen (secondary N) is 1. The number of primary amides is 1. The van der Waals surface area contributed by atoms with Gasteiger partial charge >= 0.3 is 0 Å². The lowest BCUT2D eigenvalue weighted by molar-refractivity contribution is 0.0999. The van der Waals surface area contributed by atoms with Crippen LogP contribution >= 0.6 is 23.2 Å². The molecule has 3 N–H and O–H groups in total. The number of amides is 1. The van der Waals surface area contributed by atoms with E-state index in [2.05, 4.69) is 5.32 Å². The summed E-state index contributed by atoms with van der Waals surface area (Å²) in [7, 11) is 0. The van der Waals surface area contributed by atoms with Crippen LogP contribution in [-0.2, 0) is 0 Å². The van der Waals surface area contributed by atoms with Crippen LogP contribution in [0.3, 0.4) is 0 Å². The largest absolute Gasteiger partial charge is 0.366 e. The maximum absolute atomic E-state index is 11.9. The molecule has 21 heavy (non-hydrogen) atoms. The lowest BCUT2D eigenvalue weighted by Crippen LogP contribution is -2.20. The SMILES string of the molecule is NC(=O)c1cc(Cl)c(Cl)c(C2CCCC2)c1C1CCNC1. The van der Waals surface area contributed by atoms with Crippen molar-refractivity contribution >= 4 is 29.1 Å². The molecule has 0 bridgehead atoms. The smallest absolute Gasteiger partial charge is 0.249 e. The molecule has 114 valence electrons. The summed E-state index contributed by atoms with van der Waals surface area (Å²) in [5, 5.41) is 4.43. The maximum atomic E-state index is 11.9. The molecule has 0 spiro atoms. The molecule has 1 saturated heterocycles. The Balaban J connectivity index is 2.19. The average Bonchev–Trinajstić information content (AvgIpc) is 3.12. The van der Waals surface area contributed by atoms with Crippen molar-refractivity contribution in [1.29, 1.82) is 0 Å². The molecule has 1 aromatic rings. The highest BCUT2D eigenvalue weighted by Gasteiger charge is 2.31. The fourth-order valence-electron chi connectivity index (χ4n) is 3.82. The standard InChI is InChI=1S/C16H20Cl2N2O/c17-12-7-11(16(19)21)13(10-5-6-20-8-10)14(15(12)18)9-3-1-2-4-9/h7,9-10,20H,1-6,8H2,(H2,19,21). The Kier molecular flexibility index (Phi) is 4.43. The third-order valence-electron chi connectivity index (χ3n) is 4.79. The summed E-state index contributed by atoms with van der Waals surface area (Å²) >= 11 is 12.8. The number of carbonyl (C=O) groups is 1. The summed E-state index contributed by atoms with van der Waals surface area (Å²) in [6.45, 7) is 1.84. The van der Waals surface area contributed by atoms with Gasteiger partial charge in [0, 0.05) is 12.1 Å². The second kappa shape index (κ2) is 6.15. The van der Waals surface area contributed by atoms with Gasteiger partial charge in [0.15, 0.2) is 0 Å². The number of halogens is 2. The molecular weight excluding hydrogens is 307 g/mol. The first-order chi connectivity index (χ1) is 10.1. The molecule has 1 amide bonds. The van der Waals surface area contributed by atoms with Gasteiger partial charge in [-0.2, -0.15) is 0 Å². The van der Waals surface area contributed by atoms with Gasteiger partial charge < -0.3 is 11.1 Å². The van der Waals surface area contributed by atoms with E-state index < -0.39 is 5.91 Å². The molecule has 1 saturated carbocycles. The summed E-state index contributed by atoms with van der Waals surface area (Å²) in [4.78, 5) is 11.9. The van der Waals surface area contributed by atoms with Gasteiger partial charge in [-0.3, -0.25) is 4.79 Å². The highest BCUT2D eigenvalue weighted by molar-refractivity contribution is 6.43. The van der Waals surface area contributed by atoms with E-state index >= 15 is 0 Å². The van der Waals surface area contributed by atoms with Crippen molar-refractivity contribution in [2.24, 2.45) is 5.73 Å². The van der Waals surface area contributed by atoms with E-state index in [9.17, 15) is 4.79 Å². The molecule has 3 rings (SSSR count). The van der Waals surface area contributed by atoms with Crippen LogP contribution in [0.4, 0.5) is 0 Å². The third kappa shape index (κ3) is 2.79. The summed E-state index contributed by atoms with van der Waals surface area (Å²) < 4.78 is 0. The maximum Gasteiger partial charge on any atom is 0.249 e. The Morgan fingerprint density at radius 3 is 2.43 bits per heavy atom. The molecule has 2 aliphatic rings. The summed E-state index contributed by atoms with van der Waals surface area (Å²) in [5.74, 6) is 0.303. The van der Waals surface area contributed by atoms with Gasteiger partial charge in [0.1, 0.15) is 0 Å². The van der Waals surface area contributed by atoms with Crippen molar-refractivity contribution in [3.8, 4) is 0 Å². The molecular formula is C16H20Cl2N2O. The molecule has 1 aromatic carbocycles. The number of nitrogens with two attached hydrogens (primary N) is 1. The molecule has 1 heterocycles. The fraction of sp³-hybridized carbons (Fsp3) is 0.562. The van der Waals surface area contributed by atoms with Gasteiger partial charge in [-0.25, -0.2) is 0 Å². The molecule has 1 aliphatic heterocycles. The highest BCUT2D eigenvalue weighted by Crippen LogP contribution is 2.46. The topological polar surface area (TPSA) is 55.1 Å². The summed E-state index contributed by atoms with van der Waals surface area (Å²) in [6, 6.07) is 1.65.